The van der Waals surface area contributed by atoms with Crippen molar-refractivity contribution in [1.82, 2.24) is 9.88 Å². The first-order valence-corrected chi connectivity index (χ1v) is 9.17. The number of rotatable bonds is 4. The summed E-state index contributed by atoms with van der Waals surface area (Å²) >= 11 is 0. The zero-order valence-electron chi connectivity index (χ0n) is 15.4. The van der Waals surface area contributed by atoms with Crippen molar-refractivity contribution in [2.75, 3.05) is 13.1 Å². The molecule has 1 saturated heterocycles. The molecule has 1 atom stereocenters. The van der Waals surface area contributed by atoms with Gasteiger partial charge in [0.15, 0.2) is 5.43 Å². The van der Waals surface area contributed by atoms with E-state index in [4.69, 9.17) is 0 Å². The molecule has 5 nitrogen and oxygen atoms in total. The Balaban J connectivity index is 1.62. The van der Waals surface area contributed by atoms with E-state index in [0.29, 0.717) is 25.2 Å². The SMILES string of the molecule is Cc1cc(=O)c(C(=O)N2CCC(C(O)Cc3ccccc3)CC2)c(C)[nH]1. The Morgan fingerprint density at radius 3 is 2.50 bits per heavy atom. The molecule has 1 aromatic heterocycles. The van der Waals surface area contributed by atoms with Crippen LogP contribution in [-0.4, -0.2) is 40.1 Å². The molecular formula is C21H26N2O3. The van der Waals surface area contributed by atoms with Crippen molar-refractivity contribution in [3.05, 3.63) is 69.1 Å². The van der Waals surface area contributed by atoms with Crippen LogP contribution in [0.2, 0.25) is 0 Å². The Bertz CT molecular complexity index is 821. The Morgan fingerprint density at radius 2 is 1.88 bits per heavy atom. The van der Waals surface area contributed by atoms with Crippen LogP contribution in [0.5, 0.6) is 0 Å². The van der Waals surface area contributed by atoms with Crippen molar-refractivity contribution in [1.29, 1.82) is 0 Å². The highest BCUT2D eigenvalue weighted by molar-refractivity contribution is 5.95. The van der Waals surface area contributed by atoms with Crippen LogP contribution >= 0.6 is 0 Å². The second-order valence-corrected chi connectivity index (χ2v) is 7.20. The van der Waals surface area contributed by atoms with Crippen molar-refractivity contribution in [2.24, 2.45) is 5.92 Å². The van der Waals surface area contributed by atoms with Crippen LogP contribution < -0.4 is 5.43 Å². The van der Waals surface area contributed by atoms with Crippen molar-refractivity contribution in [3.8, 4) is 0 Å². The van der Waals surface area contributed by atoms with Crippen LogP contribution in [0.1, 0.15) is 40.2 Å². The zero-order valence-corrected chi connectivity index (χ0v) is 15.4. The van der Waals surface area contributed by atoms with E-state index in [-0.39, 0.29) is 22.8 Å². The first-order valence-electron chi connectivity index (χ1n) is 9.17. The number of hydrogen-bond donors (Lipinski definition) is 2. The Kier molecular flexibility index (Phi) is 5.57. The number of likely N-dealkylation sites (tertiary alicyclic amines) is 1. The summed E-state index contributed by atoms with van der Waals surface area (Å²) in [6.45, 7) is 4.71. The number of pyridine rings is 1. The number of piperidine rings is 1. The average Bonchev–Trinajstić information content (AvgIpc) is 2.61. The lowest BCUT2D eigenvalue weighted by Crippen LogP contribution is -2.43. The highest BCUT2D eigenvalue weighted by Crippen LogP contribution is 2.24. The number of amides is 1. The van der Waals surface area contributed by atoms with E-state index in [1.165, 1.54) is 6.07 Å². The first kappa shape index (κ1) is 18.4. The van der Waals surface area contributed by atoms with Gasteiger partial charge >= 0.3 is 0 Å². The molecule has 1 fully saturated rings. The van der Waals surface area contributed by atoms with E-state index < -0.39 is 6.10 Å². The standard InChI is InChI=1S/C21H26N2O3/c1-14-12-19(25)20(15(2)22-14)21(26)23-10-8-17(9-11-23)18(24)13-16-6-4-3-5-7-16/h3-7,12,17-18,24H,8-11,13H2,1-2H3,(H,22,25). The number of carbonyl (C=O) groups is 1. The number of nitrogens with zero attached hydrogens (tertiary/aromatic N) is 1. The molecule has 0 radical (unpaired) electrons. The fraction of sp³-hybridized carbons (Fsp3) is 0.429. The summed E-state index contributed by atoms with van der Waals surface area (Å²) in [5, 5.41) is 10.5. The molecule has 2 aromatic rings. The lowest BCUT2D eigenvalue weighted by atomic mass is 9.87. The molecule has 26 heavy (non-hydrogen) atoms. The van der Waals surface area contributed by atoms with Crippen LogP contribution in [-0.2, 0) is 6.42 Å². The number of aliphatic hydroxyl groups excluding tert-OH is 1. The van der Waals surface area contributed by atoms with Crippen LogP contribution in [0.3, 0.4) is 0 Å². The normalized spacial score (nSPS) is 16.5. The largest absolute Gasteiger partial charge is 0.392 e. The van der Waals surface area contributed by atoms with Gasteiger partial charge in [0, 0.05) is 30.5 Å². The number of aliphatic hydroxyl groups is 1. The van der Waals surface area contributed by atoms with Gasteiger partial charge in [-0.25, -0.2) is 0 Å². The molecule has 138 valence electrons. The van der Waals surface area contributed by atoms with Gasteiger partial charge in [0.05, 0.1) is 6.10 Å². The predicted octanol–water partition coefficient (Wildman–Crippen LogP) is 2.45. The Labute approximate surface area is 153 Å². The summed E-state index contributed by atoms with van der Waals surface area (Å²) in [4.78, 5) is 29.8. The molecule has 1 aromatic carbocycles. The smallest absolute Gasteiger partial charge is 0.259 e. The number of aromatic nitrogens is 1. The third-order valence-corrected chi connectivity index (χ3v) is 5.23. The zero-order chi connectivity index (χ0) is 18.7. The summed E-state index contributed by atoms with van der Waals surface area (Å²) in [5.41, 5.74) is 2.51. The second kappa shape index (κ2) is 7.87. The number of aromatic amines is 1. The van der Waals surface area contributed by atoms with Gasteiger partial charge in [-0.1, -0.05) is 30.3 Å². The molecule has 1 aliphatic heterocycles. The minimum Gasteiger partial charge on any atom is -0.392 e. The average molecular weight is 354 g/mol. The highest BCUT2D eigenvalue weighted by atomic mass is 16.3. The topological polar surface area (TPSA) is 73.4 Å². The van der Waals surface area contributed by atoms with Gasteiger partial charge in [0.25, 0.3) is 5.91 Å². The van der Waals surface area contributed by atoms with Crippen molar-refractivity contribution in [2.45, 2.75) is 39.2 Å². The van der Waals surface area contributed by atoms with Gasteiger partial charge in [-0.05, 0) is 44.6 Å². The number of aryl methyl sites for hydroxylation is 2. The molecule has 3 rings (SSSR count). The quantitative estimate of drug-likeness (QED) is 0.886. The molecule has 0 aliphatic carbocycles. The third kappa shape index (κ3) is 4.05. The molecule has 0 saturated carbocycles. The molecule has 2 heterocycles. The van der Waals surface area contributed by atoms with Gasteiger partial charge in [0.2, 0.25) is 0 Å². The van der Waals surface area contributed by atoms with E-state index in [2.05, 4.69) is 4.98 Å². The summed E-state index contributed by atoms with van der Waals surface area (Å²) in [6, 6.07) is 11.4. The maximum absolute atomic E-state index is 12.8. The molecule has 1 unspecified atom stereocenters. The number of nitrogens with one attached hydrogen (secondary N) is 1. The van der Waals surface area contributed by atoms with Crippen LogP contribution in [0.4, 0.5) is 0 Å². The monoisotopic (exact) mass is 354 g/mol. The van der Waals surface area contributed by atoms with Crippen molar-refractivity contribution in [3.63, 3.8) is 0 Å². The molecular weight excluding hydrogens is 328 g/mol. The number of carbonyl (C=O) groups excluding carboxylic acids is 1. The number of hydrogen-bond acceptors (Lipinski definition) is 3. The maximum atomic E-state index is 12.8. The molecule has 5 heteroatoms. The van der Waals surface area contributed by atoms with E-state index in [1.54, 1.807) is 11.8 Å². The molecule has 1 aliphatic rings. The number of benzene rings is 1. The Hall–Kier alpha value is -2.40. The van der Waals surface area contributed by atoms with Gasteiger partial charge in [-0.2, -0.15) is 0 Å². The van der Waals surface area contributed by atoms with Gasteiger partial charge < -0.3 is 15.0 Å². The lowest BCUT2D eigenvalue weighted by Gasteiger charge is -2.34. The van der Waals surface area contributed by atoms with Gasteiger partial charge in [0.1, 0.15) is 5.56 Å². The molecule has 1 amide bonds. The minimum atomic E-state index is -0.404. The lowest BCUT2D eigenvalue weighted by molar-refractivity contribution is 0.0466. The number of H-pyrrole nitrogens is 1. The third-order valence-electron chi connectivity index (χ3n) is 5.23. The summed E-state index contributed by atoms with van der Waals surface area (Å²) in [6.07, 6.45) is 1.74. The maximum Gasteiger partial charge on any atom is 0.259 e. The van der Waals surface area contributed by atoms with Crippen LogP contribution in [0, 0.1) is 19.8 Å². The van der Waals surface area contributed by atoms with Gasteiger partial charge in [-0.15, -0.1) is 0 Å². The Morgan fingerprint density at radius 1 is 1.23 bits per heavy atom. The molecule has 2 N–H and O–H groups in total. The molecule has 0 spiro atoms. The molecule has 0 bridgehead atoms. The first-order chi connectivity index (χ1) is 12.5. The van der Waals surface area contributed by atoms with E-state index in [1.807, 2.05) is 37.3 Å². The van der Waals surface area contributed by atoms with Crippen LogP contribution in [0.25, 0.3) is 0 Å². The van der Waals surface area contributed by atoms with Crippen molar-refractivity contribution < 1.29 is 9.90 Å². The predicted molar refractivity (Wildman–Crippen MR) is 101 cm³/mol. The summed E-state index contributed by atoms with van der Waals surface area (Å²) in [7, 11) is 0. The fourth-order valence-corrected chi connectivity index (χ4v) is 3.78. The summed E-state index contributed by atoms with van der Waals surface area (Å²) in [5.74, 6) is -0.0311. The minimum absolute atomic E-state index is 0.177. The summed E-state index contributed by atoms with van der Waals surface area (Å²) < 4.78 is 0. The highest BCUT2D eigenvalue weighted by Gasteiger charge is 2.29. The van der Waals surface area contributed by atoms with Gasteiger partial charge in [-0.3, -0.25) is 9.59 Å². The van der Waals surface area contributed by atoms with E-state index in [0.717, 1.165) is 24.1 Å². The van der Waals surface area contributed by atoms with Crippen molar-refractivity contribution >= 4 is 5.91 Å². The fourth-order valence-electron chi connectivity index (χ4n) is 3.78. The van der Waals surface area contributed by atoms with E-state index in [9.17, 15) is 14.7 Å². The van der Waals surface area contributed by atoms with E-state index >= 15 is 0 Å². The second-order valence-electron chi connectivity index (χ2n) is 7.20. The van der Waals surface area contributed by atoms with Crippen LogP contribution in [0.15, 0.2) is 41.2 Å².